The van der Waals surface area contributed by atoms with Crippen LogP contribution in [-0.2, 0) is 14.8 Å². The molecule has 0 radical (unpaired) electrons. The Morgan fingerprint density at radius 1 is 0.800 bits per heavy atom. The van der Waals surface area contributed by atoms with Gasteiger partial charge in [0.25, 0.3) is 0 Å². The minimum absolute atomic E-state index is 0.0126. The number of hydrogen-bond acceptors (Lipinski definition) is 6. The zero-order valence-electron chi connectivity index (χ0n) is 19.1. The highest BCUT2D eigenvalue weighted by Crippen LogP contribution is 2.37. The largest absolute Gasteiger partial charge is 0.486 e. The number of ether oxygens (including phenoxy) is 2. The summed E-state index contributed by atoms with van der Waals surface area (Å²) in [6.45, 7) is 1.98. The van der Waals surface area contributed by atoms with Crippen molar-refractivity contribution in [2.45, 2.75) is 15.0 Å². The second-order valence-corrected chi connectivity index (χ2v) is 11.4. The predicted molar refractivity (Wildman–Crippen MR) is 134 cm³/mol. The first-order valence-corrected chi connectivity index (χ1v) is 13.8. The van der Waals surface area contributed by atoms with E-state index in [1.807, 2.05) is 60.7 Å². The molecule has 0 bridgehead atoms. The molecule has 0 N–H and O–H groups in total. The van der Waals surface area contributed by atoms with Gasteiger partial charge in [0.15, 0.2) is 11.5 Å². The van der Waals surface area contributed by atoms with Crippen molar-refractivity contribution in [3.05, 3.63) is 84.4 Å². The van der Waals surface area contributed by atoms with Gasteiger partial charge in [-0.1, -0.05) is 48.5 Å². The van der Waals surface area contributed by atoms with Crippen molar-refractivity contribution in [3.63, 3.8) is 0 Å². The van der Waals surface area contributed by atoms with Gasteiger partial charge in [0.2, 0.25) is 15.9 Å². The number of fused-ring (bicyclic) bond motifs is 1. The molecule has 35 heavy (non-hydrogen) atoms. The molecule has 1 unspecified atom stereocenters. The van der Waals surface area contributed by atoms with Crippen LogP contribution < -0.4 is 9.47 Å². The van der Waals surface area contributed by atoms with Crippen LogP contribution in [0.4, 0.5) is 0 Å². The molecular formula is C26H26N2O5S2. The van der Waals surface area contributed by atoms with Gasteiger partial charge in [-0.3, -0.25) is 4.79 Å². The van der Waals surface area contributed by atoms with E-state index in [0.29, 0.717) is 37.8 Å². The Morgan fingerprint density at radius 3 is 2.11 bits per heavy atom. The molecule has 0 aromatic heterocycles. The van der Waals surface area contributed by atoms with Crippen molar-refractivity contribution in [1.29, 1.82) is 0 Å². The second kappa shape index (κ2) is 10.3. The minimum atomic E-state index is -3.71. The highest BCUT2D eigenvalue weighted by Gasteiger charge is 2.34. The van der Waals surface area contributed by atoms with Gasteiger partial charge in [0, 0.05) is 37.1 Å². The van der Waals surface area contributed by atoms with E-state index in [9.17, 15) is 13.2 Å². The lowest BCUT2D eigenvalue weighted by atomic mass is 10.1. The standard InChI is InChI=1S/C26H26N2O5S2/c29-26(25(20-7-3-1-4-8-20)34-21-9-5-2-6-10-21)27-13-15-28(16-14-27)35(30,31)22-11-12-23-24(19-22)33-18-17-32-23/h1-12,19,25H,13-18H2. The lowest BCUT2D eigenvalue weighted by Crippen LogP contribution is -2.51. The normalized spacial score (nSPS) is 17.1. The zero-order valence-corrected chi connectivity index (χ0v) is 20.7. The van der Waals surface area contributed by atoms with Crippen LogP contribution in [0, 0.1) is 0 Å². The highest BCUT2D eigenvalue weighted by molar-refractivity contribution is 8.00. The van der Waals surface area contributed by atoms with Crippen molar-refractivity contribution >= 4 is 27.7 Å². The number of nitrogens with zero attached hydrogens (tertiary/aromatic N) is 2. The Morgan fingerprint density at radius 2 is 1.43 bits per heavy atom. The van der Waals surface area contributed by atoms with E-state index in [1.54, 1.807) is 17.0 Å². The van der Waals surface area contributed by atoms with Crippen LogP contribution >= 0.6 is 11.8 Å². The van der Waals surface area contributed by atoms with Crippen molar-refractivity contribution < 1.29 is 22.7 Å². The van der Waals surface area contributed by atoms with E-state index in [1.165, 1.54) is 22.1 Å². The molecule has 2 aliphatic heterocycles. The number of rotatable bonds is 6. The number of benzene rings is 3. The minimum Gasteiger partial charge on any atom is -0.486 e. The van der Waals surface area contributed by atoms with Crippen LogP contribution in [-0.4, -0.2) is 62.9 Å². The summed E-state index contributed by atoms with van der Waals surface area (Å²) in [5.41, 5.74) is 0.928. The van der Waals surface area contributed by atoms with E-state index >= 15 is 0 Å². The number of hydrogen-bond donors (Lipinski definition) is 0. The van der Waals surface area contributed by atoms with E-state index in [0.717, 1.165) is 10.5 Å². The molecule has 0 spiro atoms. The van der Waals surface area contributed by atoms with Gasteiger partial charge in [0.05, 0.1) is 4.90 Å². The molecule has 1 atom stereocenters. The average Bonchev–Trinajstić information content (AvgIpc) is 2.92. The first kappa shape index (κ1) is 23.7. The number of carbonyl (C=O) groups is 1. The topological polar surface area (TPSA) is 76.2 Å². The second-order valence-electron chi connectivity index (χ2n) is 8.26. The van der Waals surface area contributed by atoms with Crippen LogP contribution in [0.3, 0.4) is 0 Å². The summed E-state index contributed by atoms with van der Waals surface area (Å²) in [4.78, 5) is 16.5. The molecule has 1 saturated heterocycles. The molecule has 182 valence electrons. The molecule has 2 aliphatic rings. The molecule has 7 nitrogen and oxygen atoms in total. The molecule has 0 saturated carbocycles. The van der Waals surface area contributed by atoms with Gasteiger partial charge in [-0.15, -0.1) is 11.8 Å². The summed E-state index contributed by atoms with van der Waals surface area (Å²) in [6.07, 6.45) is 0. The van der Waals surface area contributed by atoms with Gasteiger partial charge in [-0.2, -0.15) is 4.31 Å². The fraction of sp³-hybridized carbons (Fsp3) is 0.269. The quantitative estimate of drug-likeness (QED) is 0.470. The number of piperazine rings is 1. The third-order valence-electron chi connectivity index (χ3n) is 6.03. The molecule has 2 heterocycles. The first-order chi connectivity index (χ1) is 17.0. The fourth-order valence-electron chi connectivity index (χ4n) is 4.17. The number of amides is 1. The third kappa shape index (κ3) is 5.17. The van der Waals surface area contributed by atoms with Crippen LogP contribution in [0.1, 0.15) is 10.8 Å². The monoisotopic (exact) mass is 510 g/mol. The van der Waals surface area contributed by atoms with E-state index < -0.39 is 15.3 Å². The summed E-state index contributed by atoms with van der Waals surface area (Å²) in [5, 5.41) is -0.403. The number of sulfonamides is 1. The molecule has 1 fully saturated rings. The van der Waals surface area contributed by atoms with Crippen LogP contribution in [0.2, 0.25) is 0 Å². The van der Waals surface area contributed by atoms with Crippen LogP contribution in [0.5, 0.6) is 11.5 Å². The number of thioether (sulfide) groups is 1. The lowest BCUT2D eigenvalue weighted by molar-refractivity contribution is -0.131. The summed E-state index contributed by atoms with van der Waals surface area (Å²) >= 11 is 1.51. The maximum Gasteiger partial charge on any atom is 0.243 e. The number of carbonyl (C=O) groups excluding carboxylic acids is 1. The maximum atomic E-state index is 13.6. The summed E-state index contributed by atoms with van der Waals surface area (Å²) < 4.78 is 39.0. The van der Waals surface area contributed by atoms with Gasteiger partial charge < -0.3 is 14.4 Å². The van der Waals surface area contributed by atoms with Gasteiger partial charge in [-0.05, 0) is 29.8 Å². The van der Waals surface area contributed by atoms with Crippen molar-refractivity contribution in [2.24, 2.45) is 0 Å². The summed E-state index contributed by atoms with van der Waals surface area (Å²) in [6, 6.07) is 24.2. The molecule has 3 aromatic rings. The zero-order chi connectivity index (χ0) is 24.3. The molecule has 5 rings (SSSR count). The van der Waals surface area contributed by atoms with Crippen molar-refractivity contribution in [3.8, 4) is 11.5 Å². The molecule has 9 heteroatoms. The first-order valence-electron chi connectivity index (χ1n) is 11.5. The molecule has 1 amide bonds. The van der Waals surface area contributed by atoms with E-state index in [-0.39, 0.29) is 23.9 Å². The predicted octanol–water partition coefficient (Wildman–Crippen LogP) is 3.82. The van der Waals surface area contributed by atoms with E-state index in [2.05, 4.69) is 0 Å². The summed E-state index contributed by atoms with van der Waals surface area (Å²) in [7, 11) is -3.71. The van der Waals surface area contributed by atoms with Crippen molar-refractivity contribution in [2.75, 3.05) is 39.4 Å². The maximum absolute atomic E-state index is 13.6. The molecular weight excluding hydrogens is 484 g/mol. The Hall–Kier alpha value is -3.01. The smallest absolute Gasteiger partial charge is 0.243 e. The Labute approximate surface area is 209 Å². The van der Waals surface area contributed by atoms with Gasteiger partial charge in [0.1, 0.15) is 18.5 Å². The lowest BCUT2D eigenvalue weighted by Gasteiger charge is -2.36. The Kier molecular flexibility index (Phi) is 6.99. The Balaban J connectivity index is 1.30. The fourth-order valence-corrected chi connectivity index (χ4v) is 6.74. The summed E-state index contributed by atoms with van der Waals surface area (Å²) in [5.74, 6) is 0.977. The van der Waals surface area contributed by atoms with E-state index in [4.69, 9.17) is 9.47 Å². The SMILES string of the molecule is O=C(C(Sc1ccccc1)c1ccccc1)N1CCN(S(=O)(=O)c2ccc3c(c2)OCCO3)CC1. The van der Waals surface area contributed by atoms with Gasteiger partial charge >= 0.3 is 0 Å². The average molecular weight is 511 g/mol. The Bertz CT molecular complexity index is 1280. The van der Waals surface area contributed by atoms with Crippen LogP contribution in [0.25, 0.3) is 0 Å². The van der Waals surface area contributed by atoms with Crippen LogP contribution in [0.15, 0.2) is 88.7 Å². The van der Waals surface area contributed by atoms with Crippen molar-refractivity contribution in [1.82, 2.24) is 9.21 Å². The highest BCUT2D eigenvalue weighted by atomic mass is 32.2. The molecule has 3 aromatic carbocycles. The third-order valence-corrected chi connectivity index (χ3v) is 9.17. The molecule has 0 aliphatic carbocycles. The van der Waals surface area contributed by atoms with Gasteiger partial charge in [-0.25, -0.2) is 8.42 Å².